The van der Waals surface area contributed by atoms with Crippen LogP contribution in [0.15, 0.2) is 12.1 Å². The van der Waals surface area contributed by atoms with Gasteiger partial charge in [0.25, 0.3) is 0 Å². The molecule has 0 radical (unpaired) electrons. The summed E-state index contributed by atoms with van der Waals surface area (Å²) in [6.45, 7) is 4.16. The molecule has 0 bridgehead atoms. The van der Waals surface area contributed by atoms with E-state index in [1.54, 1.807) is 14.2 Å². The molecule has 1 aromatic rings. The summed E-state index contributed by atoms with van der Waals surface area (Å²) in [5.74, 6) is 0.860. The SMILES string of the molecule is CNC(OC)c1cc(C)c(C)cc1OC. The Morgan fingerprint density at radius 1 is 1.13 bits per heavy atom. The smallest absolute Gasteiger partial charge is 0.137 e. The van der Waals surface area contributed by atoms with Crippen molar-refractivity contribution in [3.05, 3.63) is 28.8 Å². The van der Waals surface area contributed by atoms with E-state index in [9.17, 15) is 0 Å². The first kappa shape index (κ1) is 12.0. The van der Waals surface area contributed by atoms with Crippen LogP contribution in [0.3, 0.4) is 0 Å². The lowest BCUT2D eigenvalue weighted by Crippen LogP contribution is -2.19. The molecule has 0 aliphatic rings. The third kappa shape index (κ3) is 2.49. The van der Waals surface area contributed by atoms with Gasteiger partial charge in [-0.3, -0.25) is 5.32 Å². The van der Waals surface area contributed by atoms with E-state index in [1.807, 2.05) is 13.1 Å². The van der Waals surface area contributed by atoms with Crippen molar-refractivity contribution in [1.82, 2.24) is 5.32 Å². The molecular weight excluding hydrogens is 190 g/mol. The zero-order chi connectivity index (χ0) is 11.4. The van der Waals surface area contributed by atoms with E-state index in [1.165, 1.54) is 11.1 Å². The van der Waals surface area contributed by atoms with Crippen LogP contribution >= 0.6 is 0 Å². The van der Waals surface area contributed by atoms with Crippen molar-refractivity contribution in [2.45, 2.75) is 20.1 Å². The van der Waals surface area contributed by atoms with Crippen LogP contribution in [0.1, 0.15) is 22.9 Å². The van der Waals surface area contributed by atoms with E-state index in [0.29, 0.717) is 0 Å². The van der Waals surface area contributed by atoms with Crippen molar-refractivity contribution in [1.29, 1.82) is 0 Å². The van der Waals surface area contributed by atoms with Gasteiger partial charge in [0.05, 0.1) is 7.11 Å². The van der Waals surface area contributed by atoms with Crippen molar-refractivity contribution in [2.75, 3.05) is 21.3 Å². The fourth-order valence-electron chi connectivity index (χ4n) is 1.59. The third-order valence-electron chi connectivity index (χ3n) is 2.63. The number of ether oxygens (including phenoxy) is 2. The van der Waals surface area contributed by atoms with Crippen molar-refractivity contribution in [3.63, 3.8) is 0 Å². The molecule has 0 fully saturated rings. The third-order valence-corrected chi connectivity index (χ3v) is 2.63. The second-order valence-corrected chi connectivity index (χ2v) is 3.58. The Bertz CT molecular complexity index is 333. The standard InChI is InChI=1S/C12H19NO2/c1-8-6-10(12(13-3)15-5)11(14-4)7-9(8)2/h6-7,12-13H,1-5H3. The summed E-state index contributed by atoms with van der Waals surface area (Å²) in [5.41, 5.74) is 3.50. The van der Waals surface area contributed by atoms with Crippen molar-refractivity contribution >= 4 is 0 Å². The number of benzene rings is 1. The Morgan fingerprint density at radius 3 is 2.20 bits per heavy atom. The van der Waals surface area contributed by atoms with Gasteiger partial charge in [0.1, 0.15) is 12.0 Å². The molecular formula is C12H19NO2. The Kier molecular flexibility index (Phi) is 4.12. The van der Waals surface area contributed by atoms with Crippen LogP contribution in [-0.2, 0) is 4.74 Å². The quantitative estimate of drug-likeness (QED) is 0.771. The van der Waals surface area contributed by atoms with Gasteiger partial charge in [0.2, 0.25) is 0 Å². The molecule has 1 atom stereocenters. The first-order valence-corrected chi connectivity index (χ1v) is 4.99. The second-order valence-electron chi connectivity index (χ2n) is 3.58. The van der Waals surface area contributed by atoms with Gasteiger partial charge in [-0.1, -0.05) is 0 Å². The highest BCUT2D eigenvalue weighted by atomic mass is 16.5. The van der Waals surface area contributed by atoms with Crippen LogP contribution in [0.25, 0.3) is 0 Å². The van der Waals surface area contributed by atoms with E-state index in [0.717, 1.165) is 11.3 Å². The van der Waals surface area contributed by atoms with Gasteiger partial charge in [-0.2, -0.15) is 0 Å². The maximum absolute atomic E-state index is 5.35. The van der Waals surface area contributed by atoms with Gasteiger partial charge in [-0.25, -0.2) is 0 Å². The van der Waals surface area contributed by atoms with Gasteiger partial charge < -0.3 is 9.47 Å². The zero-order valence-electron chi connectivity index (χ0n) is 10.0. The molecule has 0 aliphatic carbocycles. The minimum Gasteiger partial charge on any atom is -0.496 e. The van der Waals surface area contributed by atoms with Crippen molar-refractivity contribution < 1.29 is 9.47 Å². The fraction of sp³-hybridized carbons (Fsp3) is 0.500. The Balaban J connectivity index is 3.20. The highest BCUT2D eigenvalue weighted by molar-refractivity contribution is 5.42. The van der Waals surface area contributed by atoms with Gasteiger partial charge in [-0.05, 0) is 44.2 Å². The highest BCUT2D eigenvalue weighted by Gasteiger charge is 2.14. The topological polar surface area (TPSA) is 30.5 Å². The summed E-state index contributed by atoms with van der Waals surface area (Å²) in [6.07, 6.45) is -0.126. The summed E-state index contributed by atoms with van der Waals surface area (Å²) in [4.78, 5) is 0. The number of aryl methyl sites for hydroxylation is 2. The molecule has 0 aliphatic heterocycles. The maximum Gasteiger partial charge on any atom is 0.137 e. The molecule has 0 aromatic heterocycles. The number of methoxy groups -OCH3 is 2. The molecule has 1 rings (SSSR count). The molecule has 0 saturated carbocycles. The molecule has 0 saturated heterocycles. The first-order chi connectivity index (χ1) is 7.13. The van der Waals surface area contributed by atoms with Crippen molar-refractivity contribution in [2.24, 2.45) is 0 Å². The number of hydrogen-bond acceptors (Lipinski definition) is 3. The number of rotatable bonds is 4. The molecule has 1 aromatic carbocycles. The van der Waals surface area contributed by atoms with Crippen LogP contribution < -0.4 is 10.1 Å². The van der Waals surface area contributed by atoms with Crippen LogP contribution in [0.5, 0.6) is 5.75 Å². The van der Waals surface area contributed by atoms with Crippen LogP contribution in [0, 0.1) is 13.8 Å². The number of nitrogens with one attached hydrogen (secondary N) is 1. The molecule has 0 heterocycles. The zero-order valence-corrected chi connectivity index (χ0v) is 10.0. The van der Waals surface area contributed by atoms with Gasteiger partial charge in [0, 0.05) is 12.7 Å². The Labute approximate surface area is 91.4 Å². The Morgan fingerprint density at radius 2 is 1.73 bits per heavy atom. The lowest BCUT2D eigenvalue weighted by atomic mass is 10.0. The monoisotopic (exact) mass is 209 g/mol. The van der Waals surface area contributed by atoms with Crippen molar-refractivity contribution in [3.8, 4) is 5.75 Å². The molecule has 3 heteroatoms. The second kappa shape index (κ2) is 5.14. The lowest BCUT2D eigenvalue weighted by molar-refractivity contribution is 0.0786. The summed E-state index contributed by atoms with van der Waals surface area (Å²) in [5, 5.41) is 3.09. The first-order valence-electron chi connectivity index (χ1n) is 4.99. The maximum atomic E-state index is 5.35. The average Bonchev–Trinajstić information content (AvgIpc) is 2.24. The molecule has 0 amide bonds. The van der Waals surface area contributed by atoms with E-state index in [4.69, 9.17) is 9.47 Å². The highest BCUT2D eigenvalue weighted by Crippen LogP contribution is 2.28. The number of hydrogen-bond donors (Lipinski definition) is 1. The molecule has 84 valence electrons. The Hall–Kier alpha value is -1.06. The minimum absolute atomic E-state index is 0.126. The van der Waals surface area contributed by atoms with E-state index in [2.05, 4.69) is 25.2 Å². The summed E-state index contributed by atoms with van der Waals surface area (Å²) in [6, 6.07) is 4.13. The lowest BCUT2D eigenvalue weighted by Gasteiger charge is -2.19. The summed E-state index contributed by atoms with van der Waals surface area (Å²) in [7, 11) is 5.22. The molecule has 15 heavy (non-hydrogen) atoms. The largest absolute Gasteiger partial charge is 0.496 e. The molecule has 3 nitrogen and oxygen atoms in total. The van der Waals surface area contributed by atoms with Crippen LogP contribution in [0.2, 0.25) is 0 Å². The molecule has 1 unspecified atom stereocenters. The molecule has 0 spiro atoms. The van der Waals surface area contributed by atoms with Gasteiger partial charge in [-0.15, -0.1) is 0 Å². The predicted octanol–water partition coefficient (Wildman–Crippen LogP) is 2.18. The van der Waals surface area contributed by atoms with Crippen LogP contribution in [0.4, 0.5) is 0 Å². The fourth-order valence-corrected chi connectivity index (χ4v) is 1.59. The minimum atomic E-state index is -0.126. The van der Waals surface area contributed by atoms with Gasteiger partial charge >= 0.3 is 0 Å². The van der Waals surface area contributed by atoms with E-state index >= 15 is 0 Å². The van der Waals surface area contributed by atoms with Crippen LogP contribution in [-0.4, -0.2) is 21.3 Å². The summed E-state index contributed by atoms with van der Waals surface area (Å²) >= 11 is 0. The van der Waals surface area contributed by atoms with E-state index in [-0.39, 0.29) is 6.23 Å². The average molecular weight is 209 g/mol. The normalized spacial score (nSPS) is 12.6. The van der Waals surface area contributed by atoms with E-state index < -0.39 is 0 Å². The molecule has 1 N–H and O–H groups in total. The predicted molar refractivity (Wildman–Crippen MR) is 61.3 cm³/mol. The summed E-state index contributed by atoms with van der Waals surface area (Å²) < 4.78 is 10.7. The van der Waals surface area contributed by atoms with Gasteiger partial charge in [0.15, 0.2) is 0 Å².